The summed E-state index contributed by atoms with van der Waals surface area (Å²) in [6.45, 7) is 3.10. The van der Waals surface area contributed by atoms with Crippen molar-refractivity contribution in [3.63, 3.8) is 0 Å². The first kappa shape index (κ1) is 17.2. The molecule has 2 rings (SSSR count). The van der Waals surface area contributed by atoms with Crippen LogP contribution in [0.5, 0.6) is 0 Å². The van der Waals surface area contributed by atoms with Crippen LogP contribution in [0.2, 0.25) is 5.02 Å². The van der Waals surface area contributed by atoms with Gasteiger partial charge in [0.2, 0.25) is 0 Å². The van der Waals surface area contributed by atoms with Crippen LogP contribution in [-0.4, -0.2) is 29.5 Å². The summed E-state index contributed by atoms with van der Waals surface area (Å²) in [5.41, 5.74) is 6.52. The summed E-state index contributed by atoms with van der Waals surface area (Å²) in [6.07, 6.45) is 2.24. The molecule has 1 aliphatic heterocycles. The van der Waals surface area contributed by atoms with Crippen molar-refractivity contribution < 1.29 is 4.92 Å². The van der Waals surface area contributed by atoms with Crippen molar-refractivity contribution in [2.75, 3.05) is 19.6 Å². The van der Waals surface area contributed by atoms with Gasteiger partial charge in [0.1, 0.15) is 0 Å². The summed E-state index contributed by atoms with van der Waals surface area (Å²) >= 11 is 5.93. The summed E-state index contributed by atoms with van der Waals surface area (Å²) in [5.74, 6) is 0.493. The van der Waals surface area contributed by atoms with E-state index in [1.165, 1.54) is 6.07 Å². The van der Waals surface area contributed by atoms with E-state index in [-0.39, 0.29) is 23.0 Å². The number of rotatable bonds is 4. The SMILES string of the molecule is Cl.NCC1CCCN(Cc2cc(Cl)ccc2[N+](=O)[O-])C1. The predicted molar refractivity (Wildman–Crippen MR) is 82.4 cm³/mol. The number of halogens is 2. The molecule has 7 heteroatoms. The second-order valence-electron chi connectivity index (χ2n) is 5.01. The van der Waals surface area contributed by atoms with Crippen molar-refractivity contribution >= 4 is 29.7 Å². The van der Waals surface area contributed by atoms with Crippen molar-refractivity contribution in [1.29, 1.82) is 0 Å². The molecule has 0 amide bonds. The predicted octanol–water partition coefficient (Wildman–Crippen LogP) is 2.84. The van der Waals surface area contributed by atoms with Crippen molar-refractivity contribution in [3.05, 3.63) is 38.9 Å². The molecule has 0 aromatic heterocycles. The molecule has 1 heterocycles. The zero-order valence-corrected chi connectivity index (χ0v) is 12.7. The van der Waals surface area contributed by atoms with Gasteiger partial charge in [-0.1, -0.05) is 11.6 Å². The maximum atomic E-state index is 11.0. The van der Waals surface area contributed by atoms with Crippen molar-refractivity contribution in [1.82, 2.24) is 4.90 Å². The zero-order valence-electron chi connectivity index (χ0n) is 11.1. The summed E-state index contributed by atoms with van der Waals surface area (Å²) in [4.78, 5) is 12.9. The Morgan fingerprint density at radius 1 is 1.50 bits per heavy atom. The fourth-order valence-electron chi connectivity index (χ4n) is 2.59. The third-order valence-corrected chi connectivity index (χ3v) is 3.80. The van der Waals surface area contributed by atoms with E-state index in [0.717, 1.165) is 25.9 Å². The minimum absolute atomic E-state index is 0. The molecular formula is C13H19Cl2N3O2. The quantitative estimate of drug-likeness (QED) is 0.684. The Hall–Kier alpha value is -0.880. The van der Waals surface area contributed by atoms with Gasteiger partial charge in [0, 0.05) is 29.7 Å². The van der Waals surface area contributed by atoms with Gasteiger partial charge in [0.25, 0.3) is 5.69 Å². The molecule has 1 atom stereocenters. The number of nitrogens with zero attached hydrogens (tertiary/aromatic N) is 2. The average molecular weight is 320 g/mol. The van der Waals surface area contributed by atoms with E-state index in [0.29, 0.717) is 29.6 Å². The van der Waals surface area contributed by atoms with E-state index in [2.05, 4.69) is 4.90 Å². The topological polar surface area (TPSA) is 72.4 Å². The Morgan fingerprint density at radius 2 is 2.25 bits per heavy atom. The van der Waals surface area contributed by atoms with E-state index in [1.54, 1.807) is 12.1 Å². The smallest absolute Gasteiger partial charge is 0.273 e. The molecule has 1 unspecified atom stereocenters. The molecular weight excluding hydrogens is 301 g/mol. The van der Waals surface area contributed by atoms with Crippen molar-refractivity contribution in [2.45, 2.75) is 19.4 Å². The molecule has 0 spiro atoms. The molecule has 1 aromatic rings. The third kappa shape index (κ3) is 4.31. The summed E-state index contributed by atoms with van der Waals surface area (Å²) in [5, 5.41) is 11.6. The molecule has 112 valence electrons. The zero-order chi connectivity index (χ0) is 13.8. The van der Waals surface area contributed by atoms with E-state index in [4.69, 9.17) is 17.3 Å². The van der Waals surface area contributed by atoms with Crippen LogP contribution >= 0.6 is 24.0 Å². The Morgan fingerprint density at radius 3 is 2.90 bits per heavy atom. The second kappa shape index (κ2) is 7.78. The number of benzene rings is 1. The van der Waals surface area contributed by atoms with Gasteiger partial charge in [-0.25, -0.2) is 0 Å². The standard InChI is InChI=1S/C13H18ClN3O2.ClH/c14-12-3-4-13(17(18)19)11(6-12)9-16-5-1-2-10(7-15)8-16;/h3-4,6,10H,1-2,5,7-9,15H2;1H. The van der Waals surface area contributed by atoms with Gasteiger partial charge >= 0.3 is 0 Å². The Labute approximate surface area is 129 Å². The normalized spacial score (nSPS) is 19.4. The highest BCUT2D eigenvalue weighted by atomic mass is 35.5. The number of hydrogen-bond acceptors (Lipinski definition) is 4. The van der Waals surface area contributed by atoms with E-state index in [9.17, 15) is 10.1 Å². The second-order valence-corrected chi connectivity index (χ2v) is 5.45. The first-order valence-corrected chi connectivity index (χ1v) is 6.83. The van der Waals surface area contributed by atoms with Crippen molar-refractivity contribution in [2.24, 2.45) is 11.7 Å². The Bertz CT molecular complexity index is 471. The number of nitrogens with two attached hydrogens (primary N) is 1. The average Bonchev–Trinajstić information content (AvgIpc) is 2.38. The van der Waals surface area contributed by atoms with Gasteiger partial charge in [-0.2, -0.15) is 0 Å². The van der Waals surface area contributed by atoms with Crippen LogP contribution in [0.15, 0.2) is 18.2 Å². The van der Waals surface area contributed by atoms with E-state index < -0.39 is 0 Å². The molecule has 1 aromatic carbocycles. The lowest BCUT2D eigenvalue weighted by Crippen LogP contribution is -2.37. The van der Waals surface area contributed by atoms with Crippen LogP contribution in [0, 0.1) is 16.0 Å². The molecule has 0 radical (unpaired) electrons. The Kier molecular flexibility index (Phi) is 6.68. The van der Waals surface area contributed by atoms with Gasteiger partial charge in [-0.3, -0.25) is 15.0 Å². The number of nitro benzene ring substituents is 1. The van der Waals surface area contributed by atoms with Crippen LogP contribution in [-0.2, 0) is 6.54 Å². The first-order chi connectivity index (χ1) is 9.10. The van der Waals surface area contributed by atoms with Crippen LogP contribution in [0.3, 0.4) is 0 Å². The van der Waals surface area contributed by atoms with Crippen LogP contribution in [0.4, 0.5) is 5.69 Å². The maximum absolute atomic E-state index is 11.0. The number of nitro groups is 1. The molecule has 0 bridgehead atoms. The minimum Gasteiger partial charge on any atom is -0.330 e. The molecule has 5 nitrogen and oxygen atoms in total. The third-order valence-electron chi connectivity index (χ3n) is 3.57. The van der Waals surface area contributed by atoms with E-state index in [1.807, 2.05) is 0 Å². The maximum Gasteiger partial charge on any atom is 0.273 e. The molecule has 0 aliphatic carbocycles. The monoisotopic (exact) mass is 319 g/mol. The van der Waals surface area contributed by atoms with Crippen LogP contribution in [0.1, 0.15) is 18.4 Å². The molecule has 20 heavy (non-hydrogen) atoms. The van der Waals surface area contributed by atoms with Gasteiger partial charge in [-0.15, -0.1) is 12.4 Å². The highest BCUT2D eigenvalue weighted by Crippen LogP contribution is 2.26. The molecule has 1 aliphatic rings. The summed E-state index contributed by atoms with van der Waals surface area (Å²) < 4.78 is 0. The molecule has 1 saturated heterocycles. The highest BCUT2D eigenvalue weighted by Gasteiger charge is 2.22. The lowest BCUT2D eigenvalue weighted by Gasteiger charge is -2.31. The summed E-state index contributed by atoms with van der Waals surface area (Å²) in [7, 11) is 0. The van der Waals surface area contributed by atoms with Gasteiger partial charge in [0.15, 0.2) is 0 Å². The largest absolute Gasteiger partial charge is 0.330 e. The van der Waals surface area contributed by atoms with Crippen LogP contribution < -0.4 is 5.73 Å². The fourth-order valence-corrected chi connectivity index (χ4v) is 2.78. The highest BCUT2D eigenvalue weighted by molar-refractivity contribution is 6.30. The molecule has 1 fully saturated rings. The lowest BCUT2D eigenvalue weighted by molar-refractivity contribution is -0.385. The molecule has 0 saturated carbocycles. The van der Waals surface area contributed by atoms with Gasteiger partial charge in [0.05, 0.1) is 4.92 Å². The van der Waals surface area contributed by atoms with Crippen molar-refractivity contribution in [3.8, 4) is 0 Å². The minimum atomic E-state index is -0.351. The van der Waals surface area contributed by atoms with Gasteiger partial charge < -0.3 is 5.73 Å². The lowest BCUT2D eigenvalue weighted by atomic mass is 9.98. The number of likely N-dealkylation sites (tertiary alicyclic amines) is 1. The van der Waals surface area contributed by atoms with Gasteiger partial charge in [-0.05, 0) is 44.0 Å². The van der Waals surface area contributed by atoms with E-state index >= 15 is 0 Å². The van der Waals surface area contributed by atoms with Crippen LogP contribution in [0.25, 0.3) is 0 Å². The number of hydrogen-bond donors (Lipinski definition) is 1. The fraction of sp³-hybridized carbons (Fsp3) is 0.538. The number of piperidine rings is 1. The molecule has 2 N–H and O–H groups in total. The summed E-state index contributed by atoms with van der Waals surface area (Å²) in [6, 6.07) is 4.72. The first-order valence-electron chi connectivity index (χ1n) is 6.45. The Balaban J connectivity index is 0.00000200.